The van der Waals surface area contributed by atoms with Crippen LogP contribution in [-0.2, 0) is 28.7 Å². The van der Waals surface area contributed by atoms with Gasteiger partial charge in [0.25, 0.3) is 0 Å². The first kappa shape index (κ1) is 34.5. The number of rotatable bonds is 14. The molecule has 1 aliphatic carbocycles. The molecule has 1 aliphatic heterocycles. The van der Waals surface area contributed by atoms with Gasteiger partial charge in [-0.15, -0.1) is 0 Å². The van der Waals surface area contributed by atoms with Gasteiger partial charge in [-0.1, -0.05) is 62.4 Å². The second-order valence-corrected chi connectivity index (χ2v) is 12.4. The van der Waals surface area contributed by atoms with Crippen LogP contribution in [-0.4, -0.2) is 79.6 Å². The lowest BCUT2D eigenvalue weighted by molar-refractivity contribution is -0.147. The Morgan fingerprint density at radius 2 is 1.57 bits per heavy atom. The van der Waals surface area contributed by atoms with Crippen LogP contribution in [0, 0.1) is 5.92 Å². The molecule has 248 valence electrons. The average molecular weight is 635 g/mol. The molecule has 11 nitrogen and oxygen atoms in total. The molecule has 0 radical (unpaired) electrons. The number of nitrogens with one attached hydrogen (secondary N) is 3. The standard InChI is InChI=1S/C35H46N4O7/c1-22(2)20-30(37-23(3)40)33(42)39-19-11-17-31(39)32(41)38-29(34(43)45-4)16-9-10-18-36-35(44)46-21-28-26-14-7-5-12-24(26)25-13-6-8-15-27(25)28/h5-8,12-15,22,28-31H,9-11,16-21H2,1-4H3,(H,36,44)(H,37,40)(H,38,41)/t29-,30-,31-/m0/s1. The van der Waals surface area contributed by atoms with Crippen molar-refractivity contribution in [2.45, 2.75) is 83.3 Å². The van der Waals surface area contributed by atoms with Crippen molar-refractivity contribution in [3.8, 4) is 11.1 Å². The number of ether oxygens (including phenoxy) is 2. The van der Waals surface area contributed by atoms with Crippen LogP contribution in [0.25, 0.3) is 11.1 Å². The fourth-order valence-corrected chi connectivity index (χ4v) is 6.41. The highest BCUT2D eigenvalue weighted by molar-refractivity contribution is 5.93. The number of benzene rings is 2. The van der Waals surface area contributed by atoms with Gasteiger partial charge in [0.05, 0.1) is 7.11 Å². The summed E-state index contributed by atoms with van der Waals surface area (Å²) in [6, 6.07) is 13.9. The van der Waals surface area contributed by atoms with Crippen molar-refractivity contribution in [1.82, 2.24) is 20.9 Å². The van der Waals surface area contributed by atoms with Gasteiger partial charge in [-0.3, -0.25) is 14.4 Å². The predicted molar refractivity (Wildman–Crippen MR) is 173 cm³/mol. The second-order valence-electron chi connectivity index (χ2n) is 12.4. The van der Waals surface area contributed by atoms with Gasteiger partial charge in [-0.25, -0.2) is 9.59 Å². The minimum atomic E-state index is -0.897. The molecule has 0 aromatic heterocycles. The topological polar surface area (TPSA) is 143 Å². The summed E-state index contributed by atoms with van der Waals surface area (Å²) >= 11 is 0. The van der Waals surface area contributed by atoms with E-state index in [9.17, 15) is 24.0 Å². The van der Waals surface area contributed by atoms with Gasteiger partial charge in [0, 0.05) is 25.9 Å². The zero-order valence-electron chi connectivity index (χ0n) is 27.2. The Morgan fingerprint density at radius 3 is 2.17 bits per heavy atom. The number of hydrogen-bond donors (Lipinski definition) is 3. The second kappa shape index (κ2) is 16.2. The van der Waals surface area contributed by atoms with E-state index in [1.165, 1.54) is 18.9 Å². The number of carbonyl (C=O) groups excluding carboxylic acids is 5. The van der Waals surface area contributed by atoms with Crippen LogP contribution in [0.3, 0.4) is 0 Å². The minimum Gasteiger partial charge on any atom is -0.467 e. The Balaban J connectivity index is 1.23. The van der Waals surface area contributed by atoms with Gasteiger partial charge < -0.3 is 30.3 Å². The average Bonchev–Trinajstić information content (AvgIpc) is 3.65. The molecule has 2 aromatic carbocycles. The maximum Gasteiger partial charge on any atom is 0.407 e. The molecule has 0 saturated carbocycles. The van der Waals surface area contributed by atoms with E-state index in [1.807, 2.05) is 38.1 Å². The molecule has 3 N–H and O–H groups in total. The van der Waals surface area contributed by atoms with Crippen molar-refractivity contribution >= 4 is 29.8 Å². The van der Waals surface area contributed by atoms with E-state index in [0.29, 0.717) is 51.6 Å². The molecule has 0 spiro atoms. The third-order valence-corrected chi connectivity index (χ3v) is 8.56. The highest BCUT2D eigenvalue weighted by atomic mass is 16.5. The zero-order valence-corrected chi connectivity index (χ0v) is 27.2. The summed E-state index contributed by atoms with van der Waals surface area (Å²) in [6.07, 6.45) is 2.42. The quantitative estimate of drug-likeness (QED) is 0.211. The lowest BCUT2D eigenvalue weighted by Gasteiger charge is -2.30. The molecule has 11 heteroatoms. The van der Waals surface area contributed by atoms with Gasteiger partial charge in [0.1, 0.15) is 24.7 Å². The molecule has 0 unspecified atom stereocenters. The first-order valence-electron chi connectivity index (χ1n) is 16.1. The molecule has 4 rings (SSSR count). The van der Waals surface area contributed by atoms with Crippen molar-refractivity contribution in [3.63, 3.8) is 0 Å². The monoisotopic (exact) mass is 634 g/mol. The summed E-state index contributed by atoms with van der Waals surface area (Å²) in [6.45, 7) is 6.25. The van der Waals surface area contributed by atoms with E-state index >= 15 is 0 Å². The minimum absolute atomic E-state index is 0.0276. The summed E-state index contributed by atoms with van der Waals surface area (Å²) in [4.78, 5) is 64.9. The number of esters is 1. The predicted octanol–water partition coefficient (Wildman–Crippen LogP) is 3.90. The molecule has 1 heterocycles. The lowest BCUT2D eigenvalue weighted by Crippen LogP contribution is -2.55. The summed E-state index contributed by atoms with van der Waals surface area (Å²) in [5, 5.41) is 8.27. The van der Waals surface area contributed by atoms with Gasteiger partial charge in [-0.05, 0) is 66.7 Å². The number of amides is 4. The highest BCUT2D eigenvalue weighted by Gasteiger charge is 2.39. The summed E-state index contributed by atoms with van der Waals surface area (Å²) < 4.78 is 10.5. The van der Waals surface area contributed by atoms with E-state index in [-0.39, 0.29) is 30.3 Å². The van der Waals surface area contributed by atoms with E-state index in [1.54, 1.807) is 0 Å². The van der Waals surface area contributed by atoms with Crippen LogP contribution in [0.2, 0.25) is 0 Å². The van der Waals surface area contributed by atoms with Gasteiger partial charge in [-0.2, -0.15) is 0 Å². The van der Waals surface area contributed by atoms with E-state index < -0.39 is 36.1 Å². The van der Waals surface area contributed by atoms with Crippen LogP contribution < -0.4 is 16.0 Å². The molecule has 0 bridgehead atoms. The Hall–Kier alpha value is -4.41. The van der Waals surface area contributed by atoms with Crippen molar-refractivity contribution in [2.24, 2.45) is 5.92 Å². The van der Waals surface area contributed by atoms with Crippen molar-refractivity contribution < 1.29 is 33.4 Å². The molecule has 2 aromatic rings. The van der Waals surface area contributed by atoms with E-state index in [4.69, 9.17) is 9.47 Å². The third-order valence-electron chi connectivity index (χ3n) is 8.56. The van der Waals surface area contributed by atoms with Crippen molar-refractivity contribution in [1.29, 1.82) is 0 Å². The SMILES string of the molecule is COC(=O)[C@H](CCCCNC(=O)OCC1c2ccccc2-c2ccccc21)NC(=O)[C@@H]1CCCN1C(=O)[C@H](CC(C)C)NC(C)=O. The fourth-order valence-electron chi connectivity index (χ4n) is 6.41. The zero-order chi connectivity index (χ0) is 33.2. The molecule has 2 aliphatic rings. The van der Waals surface area contributed by atoms with Gasteiger partial charge in [0.15, 0.2) is 0 Å². The third kappa shape index (κ3) is 8.64. The normalized spacial score (nSPS) is 16.6. The smallest absolute Gasteiger partial charge is 0.407 e. The number of alkyl carbamates (subject to hydrolysis) is 1. The maximum absolute atomic E-state index is 13.3. The summed E-state index contributed by atoms with van der Waals surface area (Å²) in [5.74, 6) is -1.47. The lowest BCUT2D eigenvalue weighted by atomic mass is 9.98. The Bertz CT molecular complexity index is 1370. The van der Waals surface area contributed by atoms with Crippen molar-refractivity contribution in [2.75, 3.05) is 26.8 Å². The number of fused-ring (bicyclic) bond motifs is 3. The van der Waals surface area contributed by atoms with Gasteiger partial charge >= 0.3 is 12.1 Å². The van der Waals surface area contributed by atoms with Crippen molar-refractivity contribution in [3.05, 3.63) is 59.7 Å². The molecule has 1 fully saturated rings. The van der Waals surface area contributed by atoms with E-state index in [0.717, 1.165) is 22.3 Å². The number of hydrogen-bond acceptors (Lipinski definition) is 7. The van der Waals surface area contributed by atoms with Gasteiger partial charge in [0.2, 0.25) is 17.7 Å². The number of carbonyl (C=O) groups is 5. The van der Waals surface area contributed by atoms with Crippen LogP contribution in [0.15, 0.2) is 48.5 Å². The summed E-state index contributed by atoms with van der Waals surface area (Å²) in [5.41, 5.74) is 4.60. The number of methoxy groups -OCH3 is 1. The van der Waals surface area contributed by atoms with Crippen LogP contribution in [0.5, 0.6) is 0 Å². The molecule has 1 saturated heterocycles. The Kier molecular flexibility index (Phi) is 12.2. The largest absolute Gasteiger partial charge is 0.467 e. The van der Waals surface area contributed by atoms with Crippen LogP contribution in [0.1, 0.15) is 76.3 Å². The molecule has 3 atom stereocenters. The Labute approximate surface area is 270 Å². The van der Waals surface area contributed by atoms with Crippen LogP contribution >= 0.6 is 0 Å². The van der Waals surface area contributed by atoms with Crippen LogP contribution in [0.4, 0.5) is 4.79 Å². The molecule has 46 heavy (non-hydrogen) atoms. The highest BCUT2D eigenvalue weighted by Crippen LogP contribution is 2.44. The summed E-state index contributed by atoms with van der Waals surface area (Å²) in [7, 11) is 1.26. The number of likely N-dealkylation sites (tertiary alicyclic amines) is 1. The fraction of sp³-hybridized carbons (Fsp3) is 0.514. The molecule has 4 amide bonds. The molecular formula is C35H46N4O7. The maximum atomic E-state index is 13.3. The first-order valence-corrected chi connectivity index (χ1v) is 16.1. The first-order chi connectivity index (χ1) is 22.1. The van der Waals surface area contributed by atoms with E-state index in [2.05, 4.69) is 40.2 Å². The Morgan fingerprint density at radius 1 is 0.913 bits per heavy atom. The molecular weight excluding hydrogens is 588 g/mol. The number of unbranched alkanes of at least 4 members (excludes halogenated alkanes) is 1. The number of nitrogens with zero attached hydrogens (tertiary/aromatic N) is 1.